The number of hydrogen-bond donors (Lipinski definition) is 1. The Hall–Kier alpha value is -1.98. The van der Waals surface area contributed by atoms with E-state index in [2.05, 4.69) is 9.88 Å². The van der Waals surface area contributed by atoms with Crippen molar-refractivity contribution in [1.82, 2.24) is 9.88 Å². The largest absolute Gasteiger partial charge is 0.477 e. The number of carboxylic acids is 1. The van der Waals surface area contributed by atoms with Crippen molar-refractivity contribution in [2.24, 2.45) is 0 Å². The lowest BCUT2D eigenvalue weighted by atomic mass is 10.2. The molecule has 1 aromatic carbocycles. The van der Waals surface area contributed by atoms with E-state index in [0.717, 1.165) is 30.2 Å². The molecule has 0 unspecified atom stereocenters. The van der Waals surface area contributed by atoms with Gasteiger partial charge in [-0.05, 0) is 37.6 Å². The maximum atomic E-state index is 11.4. The first-order valence-electron chi connectivity index (χ1n) is 7.41. The van der Waals surface area contributed by atoms with Crippen LogP contribution in [0.3, 0.4) is 0 Å². The molecule has 3 rings (SSSR count). The van der Waals surface area contributed by atoms with Crippen molar-refractivity contribution in [3.8, 4) is 0 Å². The Bertz CT molecular complexity index is 673. The summed E-state index contributed by atoms with van der Waals surface area (Å²) in [7, 11) is 0. The first kappa shape index (κ1) is 14.9. The molecule has 1 aliphatic heterocycles. The van der Waals surface area contributed by atoms with E-state index in [1.165, 1.54) is 24.2 Å². The highest BCUT2D eigenvalue weighted by atomic mass is 32.1. The molecule has 114 valence electrons. The van der Waals surface area contributed by atoms with Crippen LogP contribution in [0.15, 0.2) is 30.3 Å². The lowest BCUT2D eigenvalue weighted by molar-refractivity contribution is 0.0701. The molecule has 2 aromatic rings. The summed E-state index contributed by atoms with van der Waals surface area (Å²) in [5.74, 6) is -0.905. The zero-order valence-corrected chi connectivity index (χ0v) is 13.1. The van der Waals surface area contributed by atoms with E-state index >= 15 is 0 Å². The van der Waals surface area contributed by atoms with Gasteiger partial charge in [0.25, 0.3) is 0 Å². The number of rotatable bonds is 5. The zero-order chi connectivity index (χ0) is 15.4. The quantitative estimate of drug-likeness (QED) is 0.916. The van der Waals surface area contributed by atoms with E-state index in [4.69, 9.17) is 0 Å². The molecule has 1 aliphatic rings. The number of benzene rings is 1. The van der Waals surface area contributed by atoms with Gasteiger partial charge in [-0.2, -0.15) is 0 Å². The maximum Gasteiger partial charge on any atom is 0.348 e. The Kier molecular flexibility index (Phi) is 4.65. The molecule has 1 saturated heterocycles. The molecule has 2 heterocycles. The Balaban J connectivity index is 1.81. The lowest BCUT2D eigenvalue weighted by Gasteiger charge is -2.11. The Morgan fingerprint density at radius 3 is 2.64 bits per heavy atom. The molecule has 0 saturated carbocycles. The van der Waals surface area contributed by atoms with Crippen LogP contribution in [0.5, 0.6) is 0 Å². The highest BCUT2D eigenvalue weighted by Gasteiger charge is 2.18. The van der Waals surface area contributed by atoms with Crippen LogP contribution < -0.4 is 0 Å². The van der Waals surface area contributed by atoms with Gasteiger partial charge in [0, 0.05) is 0 Å². The number of likely N-dealkylation sites (tertiary alicyclic amines) is 1. The highest BCUT2D eigenvalue weighted by Crippen LogP contribution is 2.23. The van der Waals surface area contributed by atoms with Crippen LogP contribution in [0.2, 0.25) is 0 Å². The Morgan fingerprint density at radius 2 is 1.95 bits per heavy atom. The van der Waals surface area contributed by atoms with Gasteiger partial charge in [-0.25, -0.2) is 9.78 Å². The van der Waals surface area contributed by atoms with Gasteiger partial charge < -0.3 is 5.11 Å². The summed E-state index contributed by atoms with van der Waals surface area (Å²) in [5.41, 5.74) is 1.59. The first-order chi connectivity index (χ1) is 10.7. The van der Waals surface area contributed by atoms with E-state index in [1.807, 2.05) is 36.4 Å². The van der Waals surface area contributed by atoms with Gasteiger partial charge in [0.1, 0.15) is 9.88 Å². The summed E-state index contributed by atoms with van der Waals surface area (Å²) in [6.07, 6.45) is 6.14. The third-order valence-electron chi connectivity index (χ3n) is 3.68. The van der Waals surface area contributed by atoms with Gasteiger partial charge in [0.2, 0.25) is 0 Å². The van der Waals surface area contributed by atoms with Gasteiger partial charge in [0.05, 0.1) is 12.2 Å². The maximum absolute atomic E-state index is 11.4. The predicted molar refractivity (Wildman–Crippen MR) is 89.0 cm³/mol. The molecule has 1 N–H and O–H groups in total. The normalized spacial score (nSPS) is 15.6. The first-order valence-corrected chi connectivity index (χ1v) is 8.22. The third kappa shape index (κ3) is 3.61. The van der Waals surface area contributed by atoms with Crippen LogP contribution in [0, 0.1) is 0 Å². The third-order valence-corrected chi connectivity index (χ3v) is 4.73. The molecule has 22 heavy (non-hydrogen) atoms. The molecule has 1 aromatic heterocycles. The molecule has 1 fully saturated rings. The van der Waals surface area contributed by atoms with Crippen LogP contribution in [-0.2, 0) is 6.54 Å². The molecule has 0 atom stereocenters. The minimum Gasteiger partial charge on any atom is -0.477 e. The summed E-state index contributed by atoms with van der Waals surface area (Å²) >= 11 is 1.29. The number of hydrogen-bond acceptors (Lipinski definition) is 4. The van der Waals surface area contributed by atoms with Crippen molar-refractivity contribution in [1.29, 1.82) is 0 Å². The van der Waals surface area contributed by atoms with E-state index in [-0.39, 0.29) is 0 Å². The van der Waals surface area contributed by atoms with Gasteiger partial charge in [-0.15, -0.1) is 11.3 Å². The van der Waals surface area contributed by atoms with Gasteiger partial charge >= 0.3 is 5.97 Å². The lowest BCUT2D eigenvalue weighted by Crippen LogP contribution is -2.18. The van der Waals surface area contributed by atoms with Crippen molar-refractivity contribution in [3.05, 3.63) is 51.5 Å². The van der Waals surface area contributed by atoms with Crippen molar-refractivity contribution >= 4 is 29.5 Å². The van der Waals surface area contributed by atoms with Crippen LogP contribution >= 0.6 is 11.3 Å². The van der Waals surface area contributed by atoms with Crippen molar-refractivity contribution in [3.63, 3.8) is 0 Å². The minimum atomic E-state index is -0.905. The highest BCUT2D eigenvalue weighted by molar-refractivity contribution is 7.13. The average molecular weight is 314 g/mol. The van der Waals surface area contributed by atoms with Gasteiger partial charge in [-0.1, -0.05) is 36.4 Å². The molecule has 4 nitrogen and oxygen atoms in total. The second-order valence-electron chi connectivity index (χ2n) is 5.35. The topological polar surface area (TPSA) is 53.4 Å². The molecular formula is C17H18N2O2S. The summed E-state index contributed by atoms with van der Waals surface area (Å²) in [6, 6.07) is 9.83. The van der Waals surface area contributed by atoms with Crippen LogP contribution in [0.4, 0.5) is 0 Å². The standard InChI is InChI=1S/C17H18N2O2S/c20-17(21)16-14(9-8-13-6-2-1-3-7-13)18-15(22-16)12-19-10-4-5-11-19/h1-3,6-9H,4-5,10-12H2,(H,20,21)/b9-8+. The van der Waals surface area contributed by atoms with Crippen LogP contribution in [0.25, 0.3) is 12.2 Å². The molecule has 0 spiro atoms. The second kappa shape index (κ2) is 6.85. The Morgan fingerprint density at radius 1 is 1.23 bits per heavy atom. The average Bonchev–Trinajstić information content (AvgIpc) is 3.16. The van der Waals surface area contributed by atoms with E-state index in [0.29, 0.717) is 10.6 Å². The molecule has 0 radical (unpaired) electrons. The van der Waals surface area contributed by atoms with Crippen LogP contribution in [0.1, 0.15) is 38.8 Å². The number of aromatic nitrogens is 1. The van der Waals surface area contributed by atoms with E-state index in [9.17, 15) is 9.90 Å². The fraction of sp³-hybridized carbons (Fsp3) is 0.294. The monoisotopic (exact) mass is 314 g/mol. The SMILES string of the molecule is O=C(O)c1sc(CN2CCCC2)nc1/C=C/c1ccccc1. The number of aromatic carboxylic acids is 1. The summed E-state index contributed by atoms with van der Waals surface area (Å²) in [5, 5.41) is 10.2. The number of nitrogens with zero attached hydrogens (tertiary/aromatic N) is 2. The zero-order valence-electron chi connectivity index (χ0n) is 12.2. The van der Waals surface area contributed by atoms with Crippen molar-refractivity contribution < 1.29 is 9.90 Å². The fourth-order valence-electron chi connectivity index (χ4n) is 2.58. The van der Waals surface area contributed by atoms with Crippen molar-refractivity contribution in [2.75, 3.05) is 13.1 Å². The second-order valence-corrected chi connectivity index (χ2v) is 6.44. The molecule has 0 bridgehead atoms. The van der Waals surface area contributed by atoms with Crippen molar-refractivity contribution in [2.45, 2.75) is 19.4 Å². The summed E-state index contributed by atoms with van der Waals surface area (Å²) < 4.78 is 0. The number of thiazole rings is 1. The fourth-order valence-corrected chi connectivity index (χ4v) is 3.52. The molecular weight excluding hydrogens is 296 g/mol. The van der Waals surface area contributed by atoms with Gasteiger partial charge in [0.15, 0.2) is 0 Å². The van der Waals surface area contributed by atoms with Gasteiger partial charge in [-0.3, -0.25) is 4.90 Å². The molecule has 0 aliphatic carbocycles. The predicted octanol–water partition coefficient (Wildman–Crippen LogP) is 3.61. The minimum absolute atomic E-state index is 0.321. The Labute approximate surface area is 133 Å². The van der Waals surface area contributed by atoms with Crippen LogP contribution in [-0.4, -0.2) is 34.0 Å². The molecule has 5 heteroatoms. The number of carboxylic acid groups (broad SMARTS) is 1. The summed E-state index contributed by atoms with van der Waals surface area (Å²) in [6.45, 7) is 2.92. The number of carbonyl (C=O) groups is 1. The molecule has 0 amide bonds. The van der Waals surface area contributed by atoms with E-state index in [1.54, 1.807) is 6.08 Å². The smallest absolute Gasteiger partial charge is 0.348 e. The summed E-state index contributed by atoms with van der Waals surface area (Å²) in [4.78, 5) is 18.6. The van der Waals surface area contributed by atoms with E-state index < -0.39 is 5.97 Å².